The predicted octanol–water partition coefficient (Wildman–Crippen LogP) is 3.46. The Hall–Kier alpha value is -1.80. The summed E-state index contributed by atoms with van der Waals surface area (Å²) in [6.45, 7) is 1.90. The number of aryl methyl sites for hydroxylation is 1. The van der Waals surface area contributed by atoms with Gasteiger partial charge in [-0.1, -0.05) is 35.9 Å². The van der Waals surface area contributed by atoms with E-state index in [4.69, 9.17) is 17.3 Å². The number of nitrogen functional groups attached to an aromatic ring is 1. The van der Waals surface area contributed by atoms with Gasteiger partial charge in [0.15, 0.2) is 5.78 Å². The fraction of sp³-hybridized carbons (Fsp3) is 0.0714. The van der Waals surface area contributed by atoms with E-state index in [1.165, 1.54) is 0 Å². The molecule has 86 valence electrons. The molecule has 0 atom stereocenters. The molecule has 0 spiro atoms. The lowest BCUT2D eigenvalue weighted by Gasteiger charge is -2.06. The topological polar surface area (TPSA) is 43.1 Å². The first-order valence-corrected chi connectivity index (χ1v) is 5.63. The smallest absolute Gasteiger partial charge is 0.195 e. The molecule has 17 heavy (non-hydrogen) atoms. The predicted molar refractivity (Wildman–Crippen MR) is 70.5 cm³/mol. The second-order valence-electron chi connectivity index (χ2n) is 3.88. The van der Waals surface area contributed by atoms with Crippen molar-refractivity contribution in [1.82, 2.24) is 0 Å². The maximum absolute atomic E-state index is 12.2. The van der Waals surface area contributed by atoms with Crippen molar-refractivity contribution in [1.29, 1.82) is 0 Å². The molecule has 0 saturated carbocycles. The monoisotopic (exact) mass is 245 g/mol. The summed E-state index contributed by atoms with van der Waals surface area (Å²) in [4.78, 5) is 12.2. The van der Waals surface area contributed by atoms with E-state index >= 15 is 0 Å². The lowest BCUT2D eigenvalue weighted by Crippen LogP contribution is -2.05. The van der Waals surface area contributed by atoms with Crippen molar-refractivity contribution in [2.45, 2.75) is 6.92 Å². The van der Waals surface area contributed by atoms with Crippen LogP contribution in [0.5, 0.6) is 0 Å². The first kappa shape index (κ1) is 11.7. The summed E-state index contributed by atoms with van der Waals surface area (Å²) in [5.74, 6) is -0.106. The zero-order valence-corrected chi connectivity index (χ0v) is 10.2. The van der Waals surface area contributed by atoms with Crippen LogP contribution in [0, 0.1) is 6.92 Å². The van der Waals surface area contributed by atoms with Gasteiger partial charge in [0.2, 0.25) is 0 Å². The van der Waals surface area contributed by atoms with Crippen LogP contribution in [-0.2, 0) is 0 Å². The van der Waals surface area contributed by atoms with Crippen molar-refractivity contribution >= 4 is 23.1 Å². The van der Waals surface area contributed by atoms with Crippen LogP contribution in [0.4, 0.5) is 5.69 Å². The van der Waals surface area contributed by atoms with Gasteiger partial charge in [0, 0.05) is 21.8 Å². The number of anilines is 1. The zero-order chi connectivity index (χ0) is 12.4. The molecule has 2 nitrogen and oxygen atoms in total. The SMILES string of the molecule is Cc1ccc(C(=O)c2ccccc2N)cc1Cl. The molecule has 0 amide bonds. The van der Waals surface area contributed by atoms with Gasteiger partial charge in [-0.25, -0.2) is 0 Å². The Morgan fingerprint density at radius 3 is 2.53 bits per heavy atom. The van der Waals surface area contributed by atoms with E-state index in [1.54, 1.807) is 36.4 Å². The van der Waals surface area contributed by atoms with E-state index < -0.39 is 0 Å². The van der Waals surface area contributed by atoms with Gasteiger partial charge in [-0.3, -0.25) is 4.79 Å². The molecule has 2 N–H and O–H groups in total. The van der Waals surface area contributed by atoms with Crippen LogP contribution in [0.1, 0.15) is 21.5 Å². The molecule has 2 aromatic carbocycles. The van der Waals surface area contributed by atoms with E-state index in [1.807, 2.05) is 13.0 Å². The van der Waals surface area contributed by atoms with Gasteiger partial charge in [-0.05, 0) is 30.7 Å². The average molecular weight is 246 g/mol. The zero-order valence-electron chi connectivity index (χ0n) is 9.41. The molecule has 0 bridgehead atoms. The fourth-order valence-corrected chi connectivity index (χ4v) is 1.77. The second kappa shape index (κ2) is 4.60. The van der Waals surface area contributed by atoms with Gasteiger partial charge in [0.25, 0.3) is 0 Å². The third-order valence-corrected chi connectivity index (χ3v) is 3.05. The van der Waals surface area contributed by atoms with Crippen LogP contribution in [0.3, 0.4) is 0 Å². The minimum absolute atomic E-state index is 0.106. The van der Waals surface area contributed by atoms with Crippen LogP contribution in [0.15, 0.2) is 42.5 Å². The molecule has 0 heterocycles. The first-order valence-electron chi connectivity index (χ1n) is 5.25. The number of halogens is 1. The Morgan fingerprint density at radius 2 is 1.88 bits per heavy atom. The average Bonchev–Trinajstić information content (AvgIpc) is 2.32. The first-order chi connectivity index (χ1) is 8.09. The largest absolute Gasteiger partial charge is 0.398 e. The van der Waals surface area contributed by atoms with Crippen molar-refractivity contribution < 1.29 is 4.79 Å². The summed E-state index contributed by atoms with van der Waals surface area (Å²) in [6.07, 6.45) is 0. The molecule has 0 fully saturated rings. The number of ketones is 1. The highest BCUT2D eigenvalue weighted by atomic mass is 35.5. The highest BCUT2D eigenvalue weighted by Crippen LogP contribution is 2.21. The van der Waals surface area contributed by atoms with Crippen LogP contribution in [0.25, 0.3) is 0 Å². The summed E-state index contributed by atoms with van der Waals surface area (Å²) in [5.41, 5.74) is 8.26. The van der Waals surface area contributed by atoms with Gasteiger partial charge >= 0.3 is 0 Å². The number of hydrogen-bond acceptors (Lipinski definition) is 2. The Kier molecular flexibility index (Phi) is 3.16. The van der Waals surface area contributed by atoms with E-state index in [-0.39, 0.29) is 5.78 Å². The molecule has 0 saturated heterocycles. The summed E-state index contributed by atoms with van der Waals surface area (Å²) in [6, 6.07) is 12.3. The summed E-state index contributed by atoms with van der Waals surface area (Å²) in [7, 11) is 0. The maximum atomic E-state index is 12.2. The molecule has 0 unspecified atom stereocenters. The van der Waals surface area contributed by atoms with Gasteiger partial charge in [0.1, 0.15) is 0 Å². The molecule has 0 aliphatic rings. The van der Waals surface area contributed by atoms with Gasteiger partial charge in [-0.2, -0.15) is 0 Å². The second-order valence-corrected chi connectivity index (χ2v) is 4.29. The van der Waals surface area contributed by atoms with Crippen molar-refractivity contribution in [2.24, 2.45) is 0 Å². The van der Waals surface area contributed by atoms with E-state index in [2.05, 4.69) is 0 Å². The summed E-state index contributed by atoms with van der Waals surface area (Å²) >= 11 is 6.00. The number of carbonyl (C=O) groups excluding carboxylic acids is 1. The minimum atomic E-state index is -0.106. The number of rotatable bonds is 2. The van der Waals surface area contributed by atoms with E-state index in [0.29, 0.717) is 21.8 Å². The molecule has 2 aromatic rings. The Balaban J connectivity index is 2.44. The highest BCUT2D eigenvalue weighted by molar-refractivity contribution is 6.32. The minimum Gasteiger partial charge on any atom is -0.398 e. The van der Waals surface area contributed by atoms with Crippen LogP contribution in [-0.4, -0.2) is 5.78 Å². The van der Waals surface area contributed by atoms with Crippen molar-refractivity contribution in [3.05, 3.63) is 64.2 Å². The molecule has 0 aliphatic carbocycles. The Labute approximate surface area is 105 Å². The quantitative estimate of drug-likeness (QED) is 0.650. The number of hydrogen-bond donors (Lipinski definition) is 1. The fourth-order valence-electron chi connectivity index (χ4n) is 1.59. The standard InChI is InChI=1S/C14H12ClNO/c1-9-6-7-10(8-12(9)15)14(17)11-4-2-3-5-13(11)16/h2-8H,16H2,1H3. The van der Waals surface area contributed by atoms with Gasteiger partial charge in [0.05, 0.1) is 0 Å². The molecule has 3 heteroatoms. The summed E-state index contributed by atoms with van der Waals surface area (Å²) < 4.78 is 0. The molecule has 0 aromatic heterocycles. The van der Waals surface area contributed by atoms with Gasteiger partial charge in [-0.15, -0.1) is 0 Å². The summed E-state index contributed by atoms with van der Waals surface area (Å²) in [5, 5.41) is 0.588. The van der Waals surface area contributed by atoms with E-state index in [0.717, 1.165) is 5.56 Å². The number of benzene rings is 2. The third kappa shape index (κ3) is 2.32. The Morgan fingerprint density at radius 1 is 1.18 bits per heavy atom. The lowest BCUT2D eigenvalue weighted by atomic mass is 10.0. The number of nitrogens with two attached hydrogens (primary N) is 1. The van der Waals surface area contributed by atoms with Crippen LogP contribution in [0.2, 0.25) is 5.02 Å². The molecule has 0 aliphatic heterocycles. The molecular formula is C14H12ClNO. The Bertz CT molecular complexity index is 578. The van der Waals surface area contributed by atoms with Crippen molar-refractivity contribution in [3.8, 4) is 0 Å². The normalized spacial score (nSPS) is 10.2. The number of para-hydroxylation sites is 1. The van der Waals surface area contributed by atoms with Gasteiger partial charge < -0.3 is 5.73 Å². The molecule has 0 radical (unpaired) electrons. The molecular weight excluding hydrogens is 234 g/mol. The van der Waals surface area contributed by atoms with Crippen molar-refractivity contribution in [2.75, 3.05) is 5.73 Å². The van der Waals surface area contributed by atoms with Crippen LogP contribution < -0.4 is 5.73 Å². The third-order valence-electron chi connectivity index (χ3n) is 2.64. The van der Waals surface area contributed by atoms with Crippen molar-refractivity contribution in [3.63, 3.8) is 0 Å². The van der Waals surface area contributed by atoms with Crippen LogP contribution >= 0.6 is 11.6 Å². The lowest BCUT2D eigenvalue weighted by molar-refractivity contribution is 0.103. The number of carbonyl (C=O) groups is 1. The van der Waals surface area contributed by atoms with E-state index in [9.17, 15) is 4.79 Å². The highest BCUT2D eigenvalue weighted by Gasteiger charge is 2.12. The maximum Gasteiger partial charge on any atom is 0.195 e. The molecule has 2 rings (SSSR count).